The maximum absolute atomic E-state index is 4.47. The lowest BCUT2D eigenvalue weighted by Gasteiger charge is -2.20. The first-order valence-corrected chi connectivity index (χ1v) is 8.02. The number of pyridine rings is 1. The SMILES string of the molecule is Cc1ncccc1P(c1ccccc1)c1ccccc1. The van der Waals surface area contributed by atoms with E-state index in [9.17, 15) is 0 Å². The number of aryl methyl sites for hydroxylation is 1. The molecule has 1 aromatic heterocycles. The number of nitrogens with zero attached hydrogens (tertiary/aromatic N) is 1. The number of benzene rings is 2. The second-order valence-corrected chi connectivity index (χ2v) is 6.80. The lowest BCUT2D eigenvalue weighted by Crippen LogP contribution is -2.22. The summed E-state index contributed by atoms with van der Waals surface area (Å²) in [6.07, 6.45) is 1.86. The molecule has 0 aliphatic heterocycles. The van der Waals surface area contributed by atoms with Gasteiger partial charge in [0.15, 0.2) is 0 Å². The Balaban J connectivity index is 2.17. The first-order valence-electron chi connectivity index (χ1n) is 6.68. The lowest BCUT2D eigenvalue weighted by atomic mass is 10.4. The molecule has 0 fully saturated rings. The Hall–Kier alpha value is -1.98. The molecule has 3 aromatic rings. The van der Waals surface area contributed by atoms with Crippen molar-refractivity contribution in [2.75, 3.05) is 0 Å². The quantitative estimate of drug-likeness (QED) is 0.670. The van der Waals surface area contributed by atoms with E-state index in [1.165, 1.54) is 15.9 Å². The minimum absolute atomic E-state index is 0.529. The highest BCUT2D eigenvalue weighted by Gasteiger charge is 2.17. The summed E-state index contributed by atoms with van der Waals surface area (Å²) in [5.74, 6) is 0. The highest BCUT2D eigenvalue weighted by molar-refractivity contribution is 7.79. The van der Waals surface area contributed by atoms with Crippen LogP contribution in [0.5, 0.6) is 0 Å². The van der Waals surface area contributed by atoms with Crippen LogP contribution in [0.3, 0.4) is 0 Å². The van der Waals surface area contributed by atoms with Gasteiger partial charge in [0.2, 0.25) is 0 Å². The number of rotatable bonds is 3. The van der Waals surface area contributed by atoms with E-state index in [0.29, 0.717) is 0 Å². The van der Waals surface area contributed by atoms with Gasteiger partial charge >= 0.3 is 0 Å². The standard InChI is InChI=1S/C18H16NP/c1-15-18(13-8-14-19-15)20(16-9-4-2-5-10-16)17-11-6-3-7-12-17/h2-14H,1H3. The van der Waals surface area contributed by atoms with E-state index in [4.69, 9.17) is 0 Å². The summed E-state index contributed by atoms with van der Waals surface area (Å²) >= 11 is 0. The predicted molar refractivity (Wildman–Crippen MR) is 87.7 cm³/mol. The first kappa shape index (κ1) is 13.0. The molecule has 2 heteroatoms. The van der Waals surface area contributed by atoms with E-state index in [2.05, 4.69) is 78.6 Å². The van der Waals surface area contributed by atoms with Crippen molar-refractivity contribution in [1.29, 1.82) is 0 Å². The zero-order valence-electron chi connectivity index (χ0n) is 11.4. The minimum Gasteiger partial charge on any atom is -0.261 e. The minimum atomic E-state index is -0.529. The molecular weight excluding hydrogens is 261 g/mol. The predicted octanol–water partition coefficient (Wildman–Crippen LogP) is 3.15. The molecule has 0 radical (unpaired) electrons. The molecule has 0 saturated heterocycles. The monoisotopic (exact) mass is 277 g/mol. The van der Waals surface area contributed by atoms with Crippen LogP contribution in [0.25, 0.3) is 0 Å². The Labute approximate surface area is 121 Å². The maximum atomic E-state index is 4.47. The van der Waals surface area contributed by atoms with E-state index in [1.54, 1.807) is 0 Å². The van der Waals surface area contributed by atoms with Gasteiger partial charge in [-0.1, -0.05) is 66.7 Å². The van der Waals surface area contributed by atoms with Crippen molar-refractivity contribution < 1.29 is 0 Å². The van der Waals surface area contributed by atoms with E-state index in [-0.39, 0.29) is 0 Å². The van der Waals surface area contributed by atoms with Crippen LogP contribution in [0.4, 0.5) is 0 Å². The summed E-state index contributed by atoms with van der Waals surface area (Å²) in [7, 11) is -0.529. The van der Waals surface area contributed by atoms with Gasteiger partial charge in [0.1, 0.15) is 0 Å². The Morgan fingerprint density at radius 2 is 1.25 bits per heavy atom. The van der Waals surface area contributed by atoms with E-state index in [0.717, 1.165) is 5.69 Å². The fourth-order valence-corrected chi connectivity index (χ4v) is 4.70. The van der Waals surface area contributed by atoms with Gasteiger partial charge in [-0.05, 0) is 31.5 Å². The van der Waals surface area contributed by atoms with Crippen molar-refractivity contribution in [1.82, 2.24) is 4.98 Å². The summed E-state index contributed by atoms with van der Waals surface area (Å²) in [6, 6.07) is 25.7. The summed E-state index contributed by atoms with van der Waals surface area (Å²) in [6.45, 7) is 2.09. The highest BCUT2D eigenvalue weighted by Crippen LogP contribution is 2.33. The summed E-state index contributed by atoms with van der Waals surface area (Å²) in [5, 5.41) is 4.06. The molecule has 0 unspecified atom stereocenters. The van der Waals surface area contributed by atoms with Crippen LogP contribution in [-0.4, -0.2) is 4.98 Å². The molecule has 0 bridgehead atoms. The molecular formula is C18H16NP. The van der Waals surface area contributed by atoms with Crippen molar-refractivity contribution in [2.45, 2.75) is 6.92 Å². The van der Waals surface area contributed by atoms with Crippen LogP contribution in [0.1, 0.15) is 5.69 Å². The molecule has 3 rings (SSSR count). The van der Waals surface area contributed by atoms with Crippen LogP contribution in [-0.2, 0) is 0 Å². The van der Waals surface area contributed by atoms with Gasteiger partial charge in [0, 0.05) is 17.2 Å². The molecule has 0 atom stereocenters. The van der Waals surface area contributed by atoms with E-state index in [1.807, 2.05) is 12.3 Å². The third-order valence-corrected chi connectivity index (χ3v) is 5.83. The van der Waals surface area contributed by atoms with Gasteiger partial charge in [-0.3, -0.25) is 4.98 Å². The third kappa shape index (κ3) is 2.64. The molecule has 1 nitrogen and oxygen atoms in total. The zero-order valence-corrected chi connectivity index (χ0v) is 12.3. The van der Waals surface area contributed by atoms with Gasteiger partial charge < -0.3 is 0 Å². The van der Waals surface area contributed by atoms with Gasteiger partial charge in [0.25, 0.3) is 0 Å². The lowest BCUT2D eigenvalue weighted by molar-refractivity contribution is 1.22. The molecule has 0 N–H and O–H groups in total. The molecule has 0 saturated carbocycles. The van der Waals surface area contributed by atoms with Crippen molar-refractivity contribution in [2.24, 2.45) is 0 Å². The molecule has 1 heterocycles. The normalized spacial score (nSPS) is 10.7. The Bertz CT molecular complexity index is 641. The molecule has 0 amide bonds. The smallest absolute Gasteiger partial charge is 0.0455 e. The van der Waals surface area contributed by atoms with Crippen LogP contribution in [0.2, 0.25) is 0 Å². The molecule has 2 aromatic carbocycles. The van der Waals surface area contributed by atoms with Crippen molar-refractivity contribution in [3.63, 3.8) is 0 Å². The number of aromatic nitrogens is 1. The third-order valence-electron chi connectivity index (χ3n) is 3.25. The van der Waals surface area contributed by atoms with Crippen LogP contribution < -0.4 is 15.9 Å². The highest BCUT2D eigenvalue weighted by atomic mass is 31.1. The average Bonchev–Trinajstić information content (AvgIpc) is 2.52. The Kier molecular flexibility index (Phi) is 3.90. The number of hydrogen-bond donors (Lipinski definition) is 0. The largest absolute Gasteiger partial charge is 0.261 e. The van der Waals surface area contributed by atoms with Gasteiger partial charge in [-0.2, -0.15) is 0 Å². The van der Waals surface area contributed by atoms with E-state index < -0.39 is 7.92 Å². The van der Waals surface area contributed by atoms with Crippen molar-refractivity contribution >= 4 is 23.8 Å². The Morgan fingerprint density at radius 1 is 0.700 bits per heavy atom. The van der Waals surface area contributed by atoms with Gasteiger partial charge in [-0.15, -0.1) is 0 Å². The molecule has 98 valence electrons. The molecule has 0 aliphatic rings. The summed E-state index contributed by atoms with van der Waals surface area (Å²) in [5.41, 5.74) is 1.12. The fourth-order valence-electron chi connectivity index (χ4n) is 2.29. The second-order valence-electron chi connectivity index (χ2n) is 4.61. The summed E-state index contributed by atoms with van der Waals surface area (Å²) in [4.78, 5) is 4.47. The number of hydrogen-bond acceptors (Lipinski definition) is 1. The van der Waals surface area contributed by atoms with Crippen molar-refractivity contribution in [3.8, 4) is 0 Å². The zero-order chi connectivity index (χ0) is 13.8. The maximum Gasteiger partial charge on any atom is 0.0455 e. The van der Waals surface area contributed by atoms with Gasteiger partial charge in [0.05, 0.1) is 0 Å². The molecule has 0 aliphatic carbocycles. The van der Waals surface area contributed by atoms with Crippen LogP contribution in [0, 0.1) is 6.92 Å². The fraction of sp³-hybridized carbons (Fsp3) is 0.0556. The second kappa shape index (κ2) is 5.98. The average molecular weight is 277 g/mol. The first-order chi connectivity index (χ1) is 9.86. The molecule has 20 heavy (non-hydrogen) atoms. The van der Waals surface area contributed by atoms with Crippen molar-refractivity contribution in [3.05, 3.63) is 84.7 Å². The topological polar surface area (TPSA) is 12.9 Å². The Morgan fingerprint density at radius 3 is 1.75 bits per heavy atom. The summed E-state index contributed by atoms with van der Waals surface area (Å²) < 4.78 is 0. The van der Waals surface area contributed by atoms with E-state index >= 15 is 0 Å². The molecule has 0 spiro atoms. The van der Waals surface area contributed by atoms with Crippen LogP contribution >= 0.6 is 7.92 Å². The van der Waals surface area contributed by atoms with Gasteiger partial charge in [-0.25, -0.2) is 0 Å². The van der Waals surface area contributed by atoms with Crippen LogP contribution in [0.15, 0.2) is 79.0 Å².